The predicted molar refractivity (Wildman–Crippen MR) is 58.8 cm³/mol. The molecule has 4 nitrogen and oxygen atoms in total. The van der Waals surface area contributed by atoms with Crippen LogP contribution in [0.2, 0.25) is 0 Å². The van der Waals surface area contributed by atoms with Crippen molar-refractivity contribution in [1.82, 2.24) is 0 Å². The Hall–Kier alpha value is -1.84. The number of hydrogen-bond acceptors (Lipinski definition) is 4. The lowest BCUT2D eigenvalue weighted by Gasteiger charge is -2.23. The van der Waals surface area contributed by atoms with Crippen molar-refractivity contribution in [2.45, 2.75) is 18.8 Å². The molecule has 2 rings (SSSR count). The Morgan fingerprint density at radius 1 is 1.50 bits per heavy atom. The Morgan fingerprint density at radius 2 is 2.25 bits per heavy atom. The van der Waals surface area contributed by atoms with Crippen LogP contribution in [0.15, 0.2) is 29.4 Å². The monoisotopic (exact) mass is 219 g/mol. The van der Waals surface area contributed by atoms with Crippen LogP contribution in [0, 0.1) is 0 Å². The van der Waals surface area contributed by atoms with Crippen molar-refractivity contribution in [2.24, 2.45) is 5.16 Å². The van der Waals surface area contributed by atoms with Gasteiger partial charge in [-0.3, -0.25) is 4.79 Å². The van der Waals surface area contributed by atoms with Gasteiger partial charge < -0.3 is 9.94 Å². The summed E-state index contributed by atoms with van der Waals surface area (Å²) in [6.45, 7) is 0. The topological polar surface area (TPSA) is 58.9 Å². The van der Waals surface area contributed by atoms with Crippen LogP contribution in [0.4, 0.5) is 0 Å². The maximum atomic E-state index is 11.6. The molecule has 1 unspecified atom stereocenters. The van der Waals surface area contributed by atoms with Gasteiger partial charge in [0.15, 0.2) is 0 Å². The van der Waals surface area contributed by atoms with E-state index in [2.05, 4.69) is 5.16 Å². The molecule has 0 saturated carbocycles. The fourth-order valence-corrected chi connectivity index (χ4v) is 2.13. The highest BCUT2D eigenvalue weighted by molar-refractivity contribution is 6.04. The van der Waals surface area contributed by atoms with Crippen molar-refractivity contribution < 1.29 is 14.7 Å². The van der Waals surface area contributed by atoms with E-state index in [9.17, 15) is 4.79 Å². The molecule has 0 fully saturated rings. The molecule has 1 aliphatic carbocycles. The molecule has 0 bridgehead atoms. The lowest BCUT2D eigenvalue weighted by atomic mass is 9.82. The van der Waals surface area contributed by atoms with E-state index in [1.54, 1.807) is 0 Å². The molecule has 1 aromatic carbocycles. The van der Waals surface area contributed by atoms with Gasteiger partial charge in [0.1, 0.15) is 0 Å². The van der Waals surface area contributed by atoms with E-state index in [0.29, 0.717) is 18.6 Å². The number of fused-ring (bicyclic) bond motifs is 1. The van der Waals surface area contributed by atoms with Crippen LogP contribution < -0.4 is 0 Å². The number of esters is 1. The Kier molecular flexibility index (Phi) is 2.90. The van der Waals surface area contributed by atoms with Gasteiger partial charge in [-0.25, -0.2) is 0 Å². The molecule has 0 spiro atoms. The van der Waals surface area contributed by atoms with Gasteiger partial charge in [0.05, 0.1) is 18.7 Å². The van der Waals surface area contributed by atoms with Crippen LogP contribution in [0.25, 0.3) is 0 Å². The summed E-state index contributed by atoms with van der Waals surface area (Å²) in [5.74, 6) is -0.476. The zero-order chi connectivity index (χ0) is 11.5. The summed E-state index contributed by atoms with van der Waals surface area (Å²) in [6, 6.07) is 7.47. The highest BCUT2D eigenvalue weighted by atomic mass is 16.5. The van der Waals surface area contributed by atoms with Gasteiger partial charge in [-0.1, -0.05) is 29.4 Å². The summed E-state index contributed by atoms with van der Waals surface area (Å²) in [7, 11) is 1.39. The van der Waals surface area contributed by atoms with E-state index in [1.165, 1.54) is 7.11 Å². The summed E-state index contributed by atoms with van der Waals surface area (Å²) in [4.78, 5) is 11.6. The van der Waals surface area contributed by atoms with Gasteiger partial charge in [0, 0.05) is 5.56 Å². The van der Waals surface area contributed by atoms with Crippen molar-refractivity contribution in [1.29, 1.82) is 0 Å². The third-order valence-electron chi connectivity index (χ3n) is 2.92. The summed E-state index contributed by atoms with van der Waals surface area (Å²) in [5, 5.41) is 12.2. The molecular weight excluding hydrogens is 206 g/mol. The number of ether oxygens (including phenoxy) is 1. The molecular formula is C12H13NO3. The van der Waals surface area contributed by atoms with Crippen molar-refractivity contribution in [3.63, 3.8) is 0 Å². The number of oxime groups is 1. The minimum atomic E-state index is -0.244. The van der Waals surface area contributed by atoms with Crippen LogP contribution in [0.1, 0.15) is 29.9 Å². The predicted octanol–water partition coefficient (Wildman–Crippen LogP) is 1.92. The van der Waals surface area contributed by atoms with E-state index in [1.807, 2.05) is 24.3 Å². The largest absolute Gasteiger partial charge is 0.469 e. The van der Waals surface area contributed by atoms with Crippen LogP contribution in [0.3, 0.4) is 0 Å². The van der Waals surface area contributed by atoms with E-state index < -0.39 is 0 Å². The van der Waals surface area contributed by atoms with Gasteiger partial charge in [-0.05, 0) is 18.4 Å². The smallest absolute Gasteiger partial charge is 0.313 e. The molecule has 0 radical (unpaired) electrons. The molecule has 0 heterocycles. The number of nitrogens with zero attached hydrogens (tertiary/aromatic N) is 1. The summed E-state index contributed by atoms with van der Waals surface area (Å²) < 4.78 is 4.77. The second kappa shape index (κ2) is 4.35. The Balaban J connectivity index is 2.47. The second-order valence-corrected chi connectivity index (χ2v) is 3.75. The quantitative estimate of drug-likeness (QED) is 0.446. The van der Waals surface area contributed by atoms with Crippen molar-refractivity contribution in [2.75, 3.05) is 7.11 Å². The third-order valence-corrected chi connectivity index (χ3v) is 2.92. The maximum Gasteiger partial charge on any atom is 0.313 e. The minimum Gasteiger partial charge on any atom is -0.469 e. The lowest BCUT2D eigenvalue weighted by Crippen LogP contribution is -2.23. The van der Waals surface area contributed by atoms with Crippen molar-refractivity contribution in [3.8, 4) is 0 Å². The minimum absolute atomic E-state index is 0.232. The highest BCUT2D eigenvalue weighted by Crippen LogP contribution is 2.32. The second-order valence-electron chi connectivity index (χ2n) is 3.75. The molecule has 4 heteroatoms. The van der Waals surface area contributed by atoms with Crippen LogP contribution >= 0.6 is 0 Å². The molecule has 1 atom stereocenters. The number of methoxy groups -OCH3 is 1. The number of carbonyl (C=O) groups excluding carboxylic acids is 1. The van der Waals surface area contributed by atoms with Gasteiger partial charge >= 0.3 is 5.97 Å². The normalized spacial score (nSPS) is 21.6. The van der Waals surface area contributed by atoms with E-state index in [4.69, 9.17) is 9.94 Å². The van der Waals surface area contributed by atoms with Crippen molar-refractivity contribution in [3.05, 3.63) is 35.4 Å². The van der Waals surface area contributed by atoms with Gasteiger partial charge in [-0.2, -0.15) is 0 Å². The number of rotatable bonds is 1. The van der Waals surface area contributed by atoms with E-state index in [0.717, 1.165) is 11.1 Å². The Morgan fingerprint density at radius 3 is 2.94 bits per heavy atom. The molecule has 1 aromatic rings. The van der Waals surface area contributed by atoms with Crippen LogP contribution in [0.5, 0.6) is 0 Å². The molecule has 16 heavy (non-hydrogen) atoms. The molecule has 1 aliphatic rings. The maximum absolute atomic E-state index is 11.6. The molecule has 1 N–H and O–H groups in total. The van der Waals surface area contributed by atoms with E-state index >= 15 is 0 Å². The first-order valence-corrected chi connectivity index (χ1v) is 5.16. The molecule has 0 amide bonds. The number of carbonyl (C=O) groups is 1. The van der Waals surface area contributed by atoms with Gasteiger partial charge in [-0.15, -0.1) is 0 Å². The molecule has 0 saturated heterocycles. The SMILES string of the molecule is COC(=O)C1CCC(=NO)c2ccccc21. The molecule has 84 valence electrons. The summed E-state index contributed by atoms with van der Waals surface area (Å²) >= 11 is 0. The van der Waals surface area contributed by atoms with Crippen molar-refractivity contribution >= 4 is 11.7 Å². The first-order valence-electron chi connectivity index (χ1n) is 5.16. The average Bonchev–Trinajstić information content (AvgIpc) is 2.36. The zero-order valence-electron chi connectivity index (χ0n) is 9.01. The first kappa shape index (κ1) is 10.7. The molecule has 0 aliphatic heterocycles. The Labute approximate surface area is 93.5 Å². The van der Waals surface area contributed by atoms with Gasteiger partial charge in [0.25, 0.3) is 0 Å². The van der Waals surface area contributed by atoms with Crippen LogP contribution in [-0.4, -0.2) is 24.0 Å². The summed E-state index contributed by atoms with van der Waals surface area (Å²) in [6.07, 6.45) is 1.22. The number of benzene rings is 1. The fraction of sp³-hybridized carbons (Fsp3) is 0.333. The zero-order valence-corrected chi connectivity index (χ0v) is 9.01. The third kappa shape index (κ3) is 1.66. The average molecular weight is 219 g/mol. The standard InChI is InChI=1S/C12H13NO3/c1-16-12(14)10-6-7-11(13-15)9-5-3-2-4-8(9)10/h2-5,10,15H,6-7H2,1H3. The fourth-order valence-electron chi connectivity index (χ4n) is 2.13. The Bertz CT molecular complexity index is 440. The van der Waals surface area contributed by atoms with E-state index in [-0.39, 0.29) is 11.9 Å². The first-order chi connectivity index (χ1) is 7.77. The lowest BCUT2D eigenvalue weighted by molar-refractivity contribution is -0.142. The van der Waals surface area contributed by atoms with Crippen LogP contribution in [-0.2, 0) is 9.53 Å². The van der Waals surface area contributed by atoms with Gasteiger partial charge in [0.2, 0.25) is 0 Å². The number of hydrogen-bond donors (Lipinski definition) is 1. The molecule has 0 aromatic heterocycles. The summed E-state index contributed by atoms with van der Waals surface area (Å²) in [5.41, 5.74) is 2.36. The highest BCUT2D eigenvalue weighted by Gasteiger charge is 2.29.